The van der Waals surface area contributed by atoms with E-state index in [4.69, 9.17) is 5.11 Å². The molecule has 0 amide bonds. The van der Waals surface area contributed by atoms with Crippen molar-refractivity contribution in [2.24, 2.45) is 0 Å². The molecular formula is C9H6N2O4. The lowest BCUT2D eigenvalue weighted by Gasteiger charge is -1.95. The molecule has 0 aliphatic rings. The molecule has 0 radical (unpaired) electrons. The van der Waals surface area contributed by atoms with Crippen molar-refractivity contribution in [2.75, 3.05) is 0 Å². The van der Waals surface area contributed by atoms with Crippen molar-refractivity contribution in [3.05, 3.63) is 41.2 Å². The first kappa shape index (κ1) is 9.20. The molecular weight excluding hydrogens is 200 g/mol. The number of aromatic carboxylic acids is 1. The van der Waals surface area contributed by atoms with Gasteiger partial charge in [-0.1, -0.05) is 30.3 Å². The number of carbonyl (C=O) groups is 1. The number of hydrogen-bond donors (Lipinski definition) is 1. The fourth-order valence-corrected chi connectivity index (χ4v) is 1.23. The van der Waals surface area contributed by atoms with E-state index >= 15 is 0 Å². The van der Waals surface area contributed by atoms with Crippen molar-refractivity contribution < 1.29 is 19.4 Å². The summed E-state index contributed by atoms with van der Waals surface area (Å²) in [6.45, 7) is 0. The molecule has 1 aromatic heterocycles. The summed E-state index contributed by atoms with van der Waals surface area (Å²) in [5.41, 5.74) is -0.0366. The molecule has 15 heavy (non-hydrogen) atoms. The summed E-state index contributed by atoms with van der Waals surface area (Å²) < 4.78 is 4.24. The topological polar surface area (TPSA) is 90.3 Å². The lowest BCUT2D eigenvalue weighted by molar-refractivity contribution is -0.793. The Morgan fingerprint density at radius 1 is 1.40 bits per heavy atom. The Balaban J connectivity index is 2.62. The molecule has 6 nitrogen and oxygen atoms in total. The quantitative estimate of drug-likeness (QED) is 0.729. The molecule has 0 aliphatic carbocycles. The van der Waals surface area contributed by atoms with Crippen LogP contribution in [-0.4, -0.2) is 16.2 Å². The fourth-order valence-electron chi connectivity index (χ4n) is 1.23. The van der Waals surface area contributed by atoms with E-state index in [-0.39, 0.29) is 10.6 Å². The zero-order chi connectivity index (χ0) is 10.8. The molecule has 0 aliphatic heterocycles. The molecule has 2 rings (SSSR count). The maximum Gasteiger partial charge on any atom is 0.387 e. The minimum Gasteiger partial charge on any atom is -0.475 e. The molecule has 0 atom stereocenters. The molecule has 1 N–H and O–H groups in total. The van der Waals surface area contributed by atoms with Gasteiger partial charge in [0.1, 0.15) is 0 Å². The van der Waals surface area contributed by atoms with Gasteiger partial charge in [0.2, 0.25) is 5.69 Å². The minimum atomic E-state index is -1.30. The number of hydrogen-bond acceptors (Lipinski definition) is 4. The predicted molar refractivity (Wildman–Crippen MR) is 47.9 cm³/mol. The highest BCUT2D eigenvalue weighted by Gasteiger charge is 2.26. The zero-order valence-corrected chi connectivity index (χ0v) is 7.45. The van der Waals surface area contributed by atoms with Crippen molar-refractivity contribution in [2.45, 2.75) is 0 Å². The van der Waals surface area contributed by atoms with Gasteiger partial charge in [-0.05, 0) is 4.90 Å². The molecule has 1 heterocycles. The third-order valence-electron chi connectivity index (χ3n) is 1.86. The van der Waals surface area contributed by atoms with Crippen LogP contribution in [0.5, 0.6) is 0 Å². The number of benzene rings is 1. The van der Waals surface area contributed by atoms with Crippen LogP contribution in [0.2, 0.25) is 0 Å². The van der Waals surface area contributed by atoms with Crippen LogP contribution in [0.25, 0.3) is 11.3 Å². The second-order valence-corrected chi connectivity index (χ2v) is 2.80. The summed E-state index contributed by atoms with van der Waals surface area (Å²) in [5, 5.41) is 23.1. The van der Waals surface area contributed by atoms with Gasteiger partial charge < -0.3 is 10.3 Å². The van der Waals surface area contributed by atoms with Crippen LogP contribution < -0.4 is 4.90 Å². The summed E-state index contributed by atoms with van der Waals surface area (Å²) in [6.07, 6.45) is 0. The number of carboxylic acids is 1. The van der Waals surface area contributed by atoms with E-state index in [9.17, 15) is 10.0 Å². The molecule has 0 saturated carbocycles. The Hall–Kier alpha value is -2.37. The third-order valence-corrected chi connectivity index (χ3v) is 1.86. The summed E-state index contributed by atoms with van der Waals surface area (Å²) in [5.74, 6) is -1.30. The lowest BCUT2D eigenvalue weighted by Crippen LogP contribution is -2.26. The van der Waals surface area contributed by atoms with Gasteiger partial charge in [-0.2, -0.15) is 0 Å². The average Bonchev–Trinajstić information content (AvgIpc) is 2.61. The molecule has 0 saturated heterocycles. The Labute approximate surface area is 83.9 Å². The van der Waals surface area contributed by atoms with E-state index in [2.05, 4.69) is 9.79 Å². The summed E-state index contributed by atoms with van der Waals surface area (Å²) >= 11 is 0. The van der Waals surface area contributed by atoms with Crippen molar-refractivity contribution in [1.82, 2.24) is 5.16 Å². The highest BCUT2D eigenvalue weighted by Crippen LogP contribution is 2.17. The van der Waals surface area contributed by atoms with Crippen molar-refractivity contribution in [1.29, 1.82) is 0 Å². The van der Waals surface area contributed by atoms with Crippen LogP contribution in [0.1, 0.15) is 10.5 Å². The van der Waals surface area contributed by atoms with Gasteiger partial charge in [0.25, 0.3) is 0 Å². The molecule has 76 valence electrons. The second kappa shape index (κ2) is 3.41. The van der Waals surface area contributed by atoms with Crippen LogP contribution in [0.3, 0.4) is 0 Å². The van der Waals surface area contributed by atoms with Gasteiger partial charge in [-0.25, -0.2) is 4.79 Å². The van der Waals surface area contributed by atoms with Gasteiger partial charge >= 0.3 is 11.7 Å². The second-order valence-electron chi connectivity index (χ2n) is 2.80. The number of nitrogens with zero attached hydrogens (tertiary/aromatic N) is 2. The number of carboxylic acid groups (broad SMARTS) is 1. The fraction of sp³-hybridized carbons (Fsp3) is 0. The van der Waals surface area contributed by atoms with Gasteiger partial charge in [-0.3, -0.25) is 4.63 Å². The maximum absolute atomic E-state index is 11.2. The van der Waals surface area contributed by atoms with Crippen LogP contribution in [0, 0.1) is 5.21 Å². The Morgan fingerprint density at radius 2 is 2.07 bits per heavy atom. The van der Waals surface area contributed by atoms with Gasteiger partial charge in [-0.15, -0.1) is 0 Å². The van der Waals surface area contributed by atoms with E-state index in [0.717, 1.165) is 0 Å². The molecule has 2 aromatic rings. The van der Waals surface area contributed by atoms with Crippen LogP contribution in [0.4, 0.5) is 0 Å². The smallest absolute Gasteiger partial charge is 0.387 e. The van der Waals surface area contributed by atoms with Crippen molar-refractivity contribution >= 4 is 5.97 Å². The summed E-state index contributed by atoms with van der Waals surface area (Å²) in [4.78, 5) is 10.8. The van der Waals surface area contributed by atoms with Crippen LogP contribution >= 0.6 is 0 Å². The SMILES string of the molecule is O=C(O)c1no[n+]([O-])c1-c1ccccc1. The normalized spacial score (nSPS) is 10.1. The van der Waals surface area contributed by atoms with Gasteiger partial charge in [0.15, 0.2) is 0 Å². The highest BCUT2D eigenvalue weighted by molar-refractivity contribution is 5.91. The number of rotatable bonds is 2. The monoisotopic (exact) mass is 206 g/mol. The molecule has 0 spiro atoms. The van der Waals surface area contributed by atoms with Crippen molar-refractivity contribution in [3.63, 3.8) is 0 Å². The first-order chi connectivity index (χ1) is 7.20. The highest BCUT2D eigenvalue weighted by atomic mass is 16.8. The zero-order valence-electron chi connectivity index (χ0n) is 7.45. The van der Waals surface area contributed by atoms with Crippen LogP contribution in [-0.2, 0) is 0 Å². The Morgan fingerprint density at radius 3 is 2.67 bits per heavy atom. The van der Waals surface area contributed by atoms with Crippen LogP contribution in [0.15, 0.2) is 35.0 Å². The summed E-state index contributed by atoms with van der Waals surface area (Å²) in [6, 6.07) is 8.34. The minimum absolute atomic E-state index is 0.0821. The molecule has 6 heteroatoms. The molecule has 0 fully saturated rings. The first-order valence-electron chi connectivity index (χ1n) is 4.08. The molecule has 0 bridgehead atoms. The summed E-state index contributed by atoms with van der Waals surface area (Å²) in [7, 11) is 0. The van der Waals surface area contributed by atoms with Gasteiger partial charge in [0, 0.05) is 5.56 Å². The Kier molecular flexibility index (Phi) is 2.09. The van der Waals surface area contributed by atoms with E-state index in [1.54, 1.807) is 30.3 Å². The van der Waals surface area contributed by atoms with Crippen molar-refractivity contribution in [3.8, 4) is 11.3 Å². The lowest BCUT2D eigenvalue weighted by atomic mass is 10.1. The Bertz CT molecular complexity index is 492. The number of aromatic nitrogens is 2. The largest absolute Gasteiger partial charge is 0.475 e. The molecule has 0 unspecified atom stereocenters. The first-order valence-corrected chi connectivity index (χ1v) is 4.08. The van der Waals surface area contributed by atoms with E-state index in [1.807, 2.05) is 0 Å². The van der Waals surface area contributed by atoms with E-state index < -0.39 is 11.7 Å². The third kappa shape index (κ3) is 1.52. The maximum atomic E-state index is 11.2. The van der Waals surface area contributed by atoms with Gasteiger partial charge in [0.05, 0.1) is 5.16 Å². The van der Waals surface area contributed by atoms with E-state index in [0.29, 0.717) is 5.56 Å². The standard InChI is InChI=1S/C9H6N2O4/c12-9(13)7-8(11(14)15-10-7)6-4-2-1-3-5-6/h1-5H,(H,12,13). The predicted octanol–water partition coefficient (Wildman–Crippen LogP) is 0.673. The average molecular weight is 206 g/mol. The van der Waals surface area contributed by atoms with E-state index in [1.165, 1.54) is 0 Å². The molecule has 1 aromatic carbocycles.